The Bertz CT molecular complexity index is 1300. The molecule has 3 aromatic rings. The van der Waals surface area contributed by atoms with E-state index in [4.69, 9.17) is 10.1 Å². The number of hydrogen-bond donors (Lipinski definition) is 1. The second-order valence-electron chi connectivity index (χ2n) is 8.04. The summed E-state index contributed by atoms with van der Waals surface area (Å²) in [5, 5.41) is 11.3. The molecule has 0 aliphatic heterocycles. The summed E-state index contributed by atoms with van der Waals surface area (Å²) in [4.78, 5) is 17.9. The second-order valence-corrected chi connectivity index (χ2v) is 10.3. The number of thiazole rings is 1. The number of allylic oxidation sites excluding steroid dienone is 2. The summed E-state index contributed by atoms with van der Waals surface area (Å²) in [5.41, 5.74) is 0.933. The zero-order valence-corrected chi connectivity index (χ0v) is 22.7. The van der Waals surface area contributed by atoms with E-state index >= 15 is 0 Å². The lowest BCUT2D eigenvalue weighted by Gasteiger charge is -2.06. The highest BCUT2D eigenvalue weighted by Gasteiger charge is 2.30. The third-order valence-corrected chi connectivity index (χ3v) is 7.37. The van der Waals surface area contributed by atoms with Crippen LogP contribution in [-0.2, 0) is 23.3 Å². The smallest absolute Gasteiger partial charge is 0.416 e. The molecule has 2 aromatic heterocycles. The van der Waals surface area contributed by atoms with Crippen molar-refractivity contribution in [3.05, 3.63) is 74.2 Å². The summed E-state index contributed by atoms with van der Waals surface area (Å²) < 4.78 is 40.2. The van der Waals surface area contributed by atoms with Crippen LogP contribution in [0.5, 0.6) is 0 Å². The van der Waals surface area contributed by atoms with Crippen LogP contribution < -0.4 is 10.6 Å². The lowest BCUT2D eigenvalue weighted by molar-refractivity contribution is -0.138. The van der Waals surface area contributed by atoms with Crippen LogP contribution in [0.1, 0.15) is 56.7 Å². The molecule has 36 heavy (non-hydrogen) atoms. The summed E-state index contributed by atoms with van der Waals surface area (Å²) in [7, 11) is 0. The monoisotopic (exact) mass is 536 g/mol. The fraction of sp³-hybridized carbons (Fsp3) is 0.333. The molecule has 194 valence electrons. The number of thioether (sulfide) groups is 1. The number of benzene rings is 1. The maximum atomic E-state index is 12.9. The number of hydrogen-bond acceptors (Lipinski definition) is 4. The summed E-state index contributed by atoms with van der Waals surface area (Å²) in [6.07, 6.45) is 1.13. The Morgan fingerprint density at radius 2 is 1.86 bits per heavy atom. The summed E-state index contributed by atoms with van der Waals surface area (Å²) in [6, 6.07) is 6.87. The minimum absolute atomic E-state index is 0.132. The molecule has 0 aliphatic rings. The molecule has 0 saturated heterocycles. The highest BCUT2D eigenvalue weighted by molar-refractivity contribution is 8.02. The molecule has 0 radical (unpaired) electrons. The Balaban J connectivity index is 0.00000222. The van der Waals surface area contributed by atoms with Crippen LogP contribution in [0.25, 0.3) is 23.2 Å². The quantitative estimate of drug-likeness (QED) is 0.341. The van der Waals surface area contributed by atoms with E-state index in [1.54, 1.807) is 28.6 Å². The number of aromatic nitrogens is 2. The third-order valence-electron chi connectivity index (χ3n) is 5.04. The van der Waals surface area contributed by atoms with Gasteiger partial charge in [0, 0.05) is 27.7 Å². The molecule has 9 heteroatoms. The van der Waals surface area contributed by atoms with Gasteiger partial charge in [0.05, 0.1) is 11.3 Å². The van der Waals surface area contributed by atoms with E-state index in [0.717, 1.165) is 38.2 Å². The highest BCUT2D eigenvalue weighted by Crippen LogP contribution is 2.37. The van der Waals surface area contributed by atoms with Crippen LogP contribution in [0.4, 0.5) is 13.2 Å². The van der Waals surface area contributed by atoms with E-state index in [2.05, 4.69) is 6.58 Å². The highest BCUT2D eigenvalue weighted by atomic mass is 32.2. The molecule has 2 heterocycles. The zero-order valence-electron chi connectivity index (χ0n) is 21.0. The van der Waals surface area contributed by atoms with E-state index in [-0.39, 0.29) is 12.5 Å². The molecule has 0 spiro atoms. The van der Waals surface area contributed by atoms with Gasteiger partial charge in [0.1, 0.15) is 11.6 Å². The van der Waals surface area contributed by atoms with E-state index in [9.17, 15) is 18.0 Å². The van der Waals surface area contributed by atoms with E-state index < -0.39 is 17.7 Å². The lowest BCUT2D eigenvalue weighted by Crippen LogP contribution is -2.29. The molecule has 4 nitrogen and oxygen atoms in total. The van der Waals surface area contributed by atoms with Crippen molar-refractivity contribution in [1.29, 1.82) is 0 Å². The van der Waals surface area contributed by atoms with Gasteiger partial charge in [-0.05, 0) is 47.2 Å². The third kappa shape index (κ3) is 7.86. The molecule has 3 rings (SSSR count). The molecule has 0 aliphatic carbocycles. The Morgan fingerprint density at radius 3 is 2.42 bits per heavy atom. The molecule has 0 bridgehead atoms. The molecular weight excluding hydrogens is 505 g/mol. The maximum Gasteiger partial charge on any atom is 0.416 e. The number of aliphatic carboxylic acids is 1. The van der Waals surface area contributed by atoms with Crippen LogP contribution >= 0.6 is 23.1 Å². The van der Waals surface area contributed by atoms with Crippen LogP contribution in [0.15, 0.2) is 47.5 Å². The molecule has 0 saturated carbocycles. The van der Waals surface area contributed by atoms with Gasteiger partial charge in [-0.1, -0.05) is 52.5 Å². The first-order chi connectivity index (χ1) is 17.0. The van der Waals surface area contributed by atoms with E-state index in [1.165, 1.54) is 23.5 Å². The minimum Gasteiger partial charge on any atom is -0.480 e. The molecule has 0 amide bonds. The Morgan fingerprint density at radius 1 is 1.22 bits per heavy atom. The van der Waals surface area contributed by atoms with Crippen molar-refractivity contribution < 1.29 is 23.1 Å². The lowest BCUT2D eigenvalue weighted by atomic mass is 10.1. The first-order valence-corrected chi connectivity index (χ1v) is 13.3. The number of rotatable bonds is 8. The molecule has 1 N–H and O–H groups in total. The SMILES string of the molecule is C=c1ccn(CC(=O)O)/c1=C/C=C(\C)SCc1sc(-c2ccc(C(F)(F)F)cc2)nc1C(C)C.CC. The largest absolute Gasteiger partial charge is 0.480 e. The second kappa shape index (κ2) is 13.0. The summed E-state index contributed by atoms with van der Waals surface area (Å²) in [5.74, 6) is -0.0653. The minimum atomic E-state index is -4.36. The molecule has 0 atom stereocenters. The van der Waals surface area contributed by atoms with Crippen LogP contribution in [0.2, 0.25) is 0 Å². The number of halogens is 3. The average molecular weight is 537 g/mol. The summed E-state index contributed by atoms with van der Waals surface area (Å²) >= 11 is 3.12. The fourth-order valence-corrected chi connectivity index (χ4v) is 5.38. The van der Waals surface area contributed by atoms with Crippen molar-refractivity contribution in [2.75, 3.05) is 0 Å². The summed E-state index contributed by atoms with van der Waals surface area (Å²) in [6.45, 7) is 13.9. The van der Waals surface area contributed by atoms with Crippen LogP contribution in [0, 0.1) is 0 Å². The number of nitrogens with zero attached hydrogens (tertiary/aromatic N) is 2. The predicted molar refractivity (Wildman–Crippen MR) is 144 cm³/mol. The zero-order chi connectivity index (χ0) is 27.0. The van der Waals surface area contributed by atoms with Crippen LogP contribution in [0.3, 0.4) is 0 Å². The number of carboxylic acid groups (broad SMARTS) is 1. The van der Waals surface area contributed by atoms with Gasteiger partial charge in [-0.3, -0.25) is 4.79 Å². The Hall–Kier alpha value is -2.78. The molecular formula is C27H31F3N2O2S2. The first-order valence-electron chi connectivity index (χ1n) is 11.5. The average Bonchev–Trinajstić information content (AvgIpc) is 3.40. The van der Waals surface area contributed by atoms with Gasteiger partial charge in [0.25, 0.3) is 0 Å². The van der Waals surface area contributed by atoms with Gasteiger partial charge in [-0.2, -0.15) is 13.2 Å². The molecule has 0 fully saturated rings. The predicted octanol–water partition coefficient (Wildman–Crippen LogP) is 6.89. The number of carbonyl (C=O) groups is 1. The Kier molecular flexibility index (Phi) is 10.6. The first kappa shape index (κ1) is 29.5. The topological polar surface area (TPSA) is 55.1 Å². The van der Waals surface area contributed by atoms with Crippen molar-refractivity contribution in [2.24, 2.45) is 0 Å². The van der Waals surface area contributed by atoms with Crippen molar-refractivity contribution in [3.63, 3.8) is 0 Å². The van der Waals surface area contributed by atoms with Gasteiger partial charge in [-0.25, -0.2) is 4.98 Å². The Labute approximate surface area is 217 Å². The van der Waals surface area contributed by atoms with Gasteiger partial charge >= 0.3 is 12.1 Å². The number of carboxylic acids is 1. The maximum absolute atomic E-state index is 12.9. The van der Waals surface area contributed by atoms with Gasteiger partial charge in [0.15, 0.2) is 0 Å². The van der Waals surface area contributed by atoms with Crippen molar-refractivity contribution in [1.82, 2.24) is 9.55 Å². The van der Waals surface area contributed by atoms with E-state index in [1.807, 2.05) is 46.8 Å². The standard InChI is InChI=1S/C25H25F3N2O2S2.C2H6/c1-15(2)23-21(34-24(29-23)18-6-8-19(9-7-18)25(26,27)28)14-33-17(4)5-10-20-16(3)11-12-30(20)13-22(31)32;1-2/h5-12,15H,3,13-14H2,1-2,4H3,(H,31,32);1-2H3/b17-5+,20-10+;. The van der Waals surface area contributed by atoms with Crippen molar-refractivity contribution >= 4 is 41.7 Å². The fourth-order valence-electron chi connectivity index (χ4n) is 3.28. The van der Waals surface area contributed by atoms with Crippen molar-refractivity contribution in [3.8, 4) is 10.6 Å². The normalized spacial score (nSPS) is 12.6. The van der Waals surface area contributed by atoms with Gasteiger partial charge in [-0.15, -0.1) is 23.1 Å². The van der Waals surface area contributed by atoms with E-state index in [0.29, 0.717) is 16.3 Å². The molecule has 0 unspecified atom stereocenters. The van der Waals surface area contributed by atoms with Crippen molar-refractivity contribution in [2.45, 2.75) is 59.0 Å². The van der Waals surface area contributed by atoms with Gasteiger partial charge < -0.3 is 9.67 Å². The van der Waals surface area contributed by atoms with Gasteiger partial charge in [0.2, 0.25) is 0 Å². The number of alkyl halides is 3. The molecule has 1 aromatic carbocycles. The van der Waals surface area contributed by atoms with Crippen LogP contribution in [-0.4, -0.2) is 20.6 Å².